The number of aryl methyl sites for hydroxylation is 1. The second-order valence-corrected chi connectivity index (χ2v) is 5.09. The summed E-state index contributed by atoms with van der Waals surface area (Å²) in [6.07, 6.45) is 0.900. The van der Waals surface area contributed by atoms with Gasteiger partial charge in [0.2, 0.25) is 0 Å². The number of H-pyrrole nitrogens is 1. The van der Waals surface area contributed by atoms with Crippen molar-refractivity contribution in [3.63, 3.8) is 0 Å². The van der Waals surface area contributed by atoms with Gasteiger partial charge in [-0.05, 0) is 31.8 Å². The lowest BCUT2D eigenvalue weighted by atomic mass is 10.2. The topological polar surface area (TPSA) is 54.9 Å². The van der Waals surface area contributed by atoms with Gasteiger partial charge >= 0.3 is 0 Å². The average Bonchev–Trinajstić information content (AvgIpc) is 2.28. The molecule has 0 aliphatic carbocycles. The zero-order valence-corrected chi connectivity index (χ0v) is 10.8. The van der Waals surface area contributed by atoms with Crippen molar-refractivity contribution in [1.29, 1.82) is 0 Å². The third kappa shape index (κ3) is 3.01. The van der Waals surface area contributed by atoms with Gasteiger partial charge in [-0.15, -0.1) is 0 Å². The maximum Gasteiger partial charge on any atom is 0.268 e. The first kappa shape index (κ1) is 13.1. The molecule has 0 aliphatic heterocycles. The Bertz CT molecular complexity index is 462. The van der Waals surface area contributed by atoms with Crippen molar-refractivity contribution in [2.24, 2.45) is 0 Å². The highest BCUT2D eigenvalue weighted by Crippen LogP contribution is 2.01. The Hall–Kier alpha value is -0.970. The highest BCUT2D eigenvalue weighted by atomic mass is 32.2. The second kappa shape index (κ2) is 5.94. The molecule has 0 amide bonds. The van der Waals surface area contributed by atoms with Crippen molar-refractivity contribution in [3.8, 4) is 0 Å². The lowest BCUT2D eigenvalue weighted by Crippen LogP contribution is -2.33. The lowest BCUT2D eigenvalue weighted by Gasteiger charge is -2.07. The Morgan fingerprint density at radius 1 is 1.25 bits per heavy atom. The standard InChI is InChI=1S/C11H18N2O2S/c1-4-16-7-5-6-13-11(15)9(3)8(2)10(14)12-13/h4-7H2,1-3H3,(H,12,14). The van der Waals surface area contributed by atoms with Gasteiger partial charge in [-0.2, -0.15) is 11.8 Å². The summed E-state index contributed by atoms with van der Waals surface area (Å²) in [5.41, 5.74) is 0.815. The first-order valence-corrected chi connectivity index (χ1v) is 6.61. The second-order valence-electron chi connectivity index (χ2n) is 3.70. The number of hydrogen-bond acceptors (Lipinski definition) is 3. The number of hydrogen-bond donors (Lipinski definition) is 1. The largest absolute Gasteiger partial charge is 0.268 e. The van der Waals surface area contributed by atoms with Crippen molar-refractivity contribution in [3.05, 3.63) is 31.8 Å². The van der Waals surface area contributed by atoms with Gasteiger partial charge in [-0.25, -0.2) is 4.68 Å². The zero-order chi connectivity index (χ0) is 12.1. The van der Waals surface area contributed by atoms with Gasteiger partial charge in [0.05, 0.1) is 0 Å². The summed E-state index contributed by atoms with van der Waals surface area (Å²) >= 11 is 1.84. The maximum atomic E-state index is 11.8. The van der Waals surface area contributed by atoms with Crippen molar-refractivity contribution in [2.45, 2.75) is 33.7 Å². The molecular formula is C11H18N2O2S. The first-order valence-electron chi connectivity index (χ1n) is 5.46. The number of aromatic amines is 1. The highest BCUT2D eigenvalue weighted by molar-refractivity contribution is 7.99. The van der Waals surface area contributed by atoms with Gasteiger partial charge in [0, 0.05) is 17.7 Å². The van der Waals surface area contributed by atoms with Crippen LogP contribution in [0.4, 0.5) is 0 Å². The molecule has 1 aromatic rings. The van der Waals surface area contributed by atoms with Crippen LogP contribution in [-0.2, 0) is 6.54 Å². The fourth-order valence-corrected chi connectivity index (χ4v) is 2.04. The van der Waals surface area contributed by atoms with E-state index in [-0.39, 0.29) is 11.1 Å². The Morgan fingerprint density at radius 2 is 1.94 bits per heavy atom. The average molecular weight is 242 g/mol. The molecule has 0 spiro atoms. The molecule has 0 radical (unpaired) electrons. The molecule has 0 fully saturated rings. The number of rotatable bonds is 5. The van der Waals surface area contributed by atoms with E-state index in [2.05, 4.69) is 12.0 Å². The minimum absolute atomic E-state index is 0.0846. The van der Waals surface area contributed by atoms with Crippen LogP contribution in [0, 0.1) is 13.8 Å². The molecule has 4 nitrogen and oxygen atoms in total. The van der Waals surface area contributed by atoms with E-state index in [4.69, 9.17) is 0 Å². The molecule has 5 heteroatoms. The maximum absolute atomic E-state index is 11.8. The van der Waals surface area contributed by atoms with E-state index in [0.29, 0.717) is 17.7 Å². The van der Waals surface area contributed by atoms with Crippen LogP contribution < -0.4 is 11.1 Å². The summed E-state index contributed by atoms with van der Waals surface area (Å²) in [5, 5.41) is 2.60. The fraction of sp³-hybridized carbons (Fsp3) is 0.636. The molecule has 0 atom stereocenters. The van der Waals surface area contributed by atoms with Gasteiger partial charge in [0.1, 0.15) is 0 Å². The molecule has 1 rings (SSSR count). The van der Waals surface area contributed by atoms with Gasteiger partial charge < -0.3 is 0 Å². The van der Waals surface area contributed by atoms with Crippen LogP contribution in [-0.4, -0.2) is 21.3 Å². The van der Waals surface area contributed by atoms with Crippen LogP contribution >= 0.6 is 11.8 Å². The van der Waals surface area contributed by atoms with Crippen molar-refractivity contribution in [2.75, 3.05) is 11.5 Å². The molecule has 0 bridgehead atoms. The Labute approximate surface area is 99.0 Å². The SMILES string of the molecule is CCSCCCn1[nH]c(=O)c(C)c(C)c1=O. The van der Waals surface area contributed by atoms with E-state index >= 15 is 0 Å². The van der Waals surface area contributed by atoms with Crippen LogP contribution in [0.25, 0.3) is 0 Å². The first-order chi connectivity index (χ1) is 7.57. The lowest BCUT2D eigenvalue weighted by molar-refractivity contribution is 0.556. The van der Waals surface area contributed by atoms with Crippen molar-refractivity contribution >= 4 is 11.8 Å². The van der Waals surface area contributed by atoms with Crippen LogP contribution in [0.15, 0.2) is 9.59 Å². The van der Waals surface area contributed by atoms with Crippen LogP contribution in [0.1, 0.15) is 24.5 Å². The molecular weight excluding hydrogens is 224 g/mol. The minimum atomic E-state index is -0.166. The molecule has 0 unspecified atom stereocenters. The van der Waals surface area contributed by atoms with Crippen LogP contribution in [0.5, 0.6) is 0 Å². The third-order valence-corrected chi connectivity index (χ3v) is 3.57. The monoisotopic (exact) mass is 242 g/mol. The van der Waals surface area contributed by atoms with E-state index in [9.17, 15) is 9.59 Å². The van der Waals surface area contributed by atoms with Gasteiger partial charge in [-0.3, -0.25) is 14.7 Å². The van der Waals surface area contributed by atoms with Crippen LogP contribution in [0.2, 0.25) is 0 Å². The molecule has 90 valence electrons. The molecule has 0 aromatic carbocycles. The third-order valence-electron chi connectivity index (χ3n) is 2.58. The molecule has 16 heavy (non-hydrogen) atoms. The zero-order valence-electron chi connectivity index (χ0n) is 10.0. The van der Waals surface area contributed by atoms with Crippen LogP contribution in [0.3, 0.4) is 0 Å². The summed E-state index contributed by atoms with van der Waals surface area (Å²) < 4.78 is 1.42. The summed E-state index contributed by atoms with van der Waals surface area (Å²) in [6.45, 7) is 6.06. The summed E-state index contributed by atoms with van der Waals surface area (Å²) in [7, 11) is 0. The van der Waals surface area contributed by atoms with Gasteiger partial charge in [0.25, 0.3) is 11.1 Å². The number of thioether (sulfide) groups is 1. The van der Waals surface area contributed by atoms with Gasteiger partial charge in [-0.1, -0.05) is 6.92 Å². The Balaban J connectivity index is 2.82. The Kier molecular flexibility index (Phi) is 4.86. The van der Waals surface area contributed by atoms with E-state index in [0.717, 1.165) is 17.9 Å². The molecule has 0 aliphatic rings. The predicted octanol–water partition coefficient (Wildman–Crippen LogP) is 1.30. The van der Waals surface area contributed by atoms with E-state index in [1.165, 1.54) is 4.68 Å². The Morgan fingerprint density at radius 3 is 2.56 bits per heavy atom. The minimum Gasteiger partial charge on any atom is -0.268 e. The molecule has 0 saturated carbocycles. The quantitative estimate of drug-likeness (QED) is 0.792. The van der Waals surface area contributed by atoms with Crippen molar-refractivity contribution < 1.29 is 0 Å². The normalized spacial score (nSPS) is 10.7. The molecule has 1 aromatic heterocycles. The van der Waals surface area contributed by atoms with E-state index < -0.39 is 0 Å². The predicted molar refractivity (Wildman–Crippen MR) is 68.4 cm³/mol. The summed E-state index contributed by atoms with van der Waals surface area (Å²) in [5.74, 6) is 2.09. The van der Waals surface area contributed by atoms with Gasteiger partial charge in [0.15, 0.2) is 0 Å². The fourth-order valence-electron chi connectivity index (χ4n) is 1.42. The number of aromatic nitrogens is 2. The summed E-state index contributed by atoms with van der Waals surface area (Å²) in [6, 6.07) is 0. The van der Waals surface area contributed by atoms with E-state index in [1.54, 1.807) is 13.8 Å². The number of nitrogens with one attached hydrogen (secondary N) is 1. The molecule has 1 heterocycles. The molecule has 1 N–H and O–H groups in total. The number of nitrogens with zero attached hydrogens (tertiary/aromatic N) is 1. The van der Waals surface area contributed by atoms with Crippen molar-refractivity contribution in [1.82, 2.24) is 9.78 Å². The smallest absolute Gasteiger partial charge is 0.268 e. The highest BCUT2D eigenvalue weighted by Gasteiger charge is 2.06. The molecule has 0 saturated heterocycles. The summed E-state index contributed by atoms with van der Waals surface area (Å²) in [4.78, 5) is 23.3. The van der Waals surface area contributed by atoms with E-state index in [1.807, 2.05) is 11.8 Å².